The minimum absolute atomic E-state index is 0.296. The van der Waals surface area contributed by atoms with Gasteiger partial charge in [0.2, 0.25) is 5.88 Å². The molecule has 5 aromatic rings. The lowest BCUT2D eigenvalue weighted by molar-refractivity contribution is 0.102. The highest BCUT2D eigenvalue weighted by Gasteiger charge is 2.18. The number of aryl methyl sites for hydroxylation is 2. The van der Waals surface area contributed by atoms with Gasteiger partial charge in [-0.25, -0.2) is 9.97 Å². The van der Waals surface area contributed by atoms with E-state index in [4.69, 9.17) is 9.47 Å². The van der Waals surface area contributed by atoms with E-state index in [2.05, 4.69) is 25.4 Å². The van der Waals surface area contributed by atoms with Crippen LogP contribution in [0.1, 0.15) is 16.1 Å². The molecule has 0 aliphatic heterocycles. The molecule has 0 fully saturated rings. The first-order chi connectivity index (χ1) is 16.6. The highest BCUT2D eigenvalue weighted by molar-refractivity contribution is 7.13. The number of nitrogens with one attached hydrogen (secondary N) is 2. The van der Waals surface area contributed by atoms with Crippen LogP contribution in [-0.2, 0) is 13.0 Å². The molecule has 0 saturated carbocycles. The van der Waals surface area contributed by atoms with E-state index in [0.29, 0.717) is 23.8 Å². The zero-order valence-electron chi connectivity index (χ0n) is 18.6. The number of amides is 1. The van der Waals surface area contributed by atoms with E-state index in [-0.39, 0.29) is 5.91 Å². The number of benzene rings is 1. The number of ether oxygens (including phenoxy) is 2. The van der Waals surface area contributed by atoms with Crippen LogP contribution in [0.5, 0.6) is 11.6 Å². The van der Waals surface area contributed by atoms with Crippen LogP contribution in [0.3, 0.4) is 0 Å². The normalized spacial score (nSPS) is 11.0. The second-order valence-corrected chi connectivity index (χ2v) is 8.40. The highest BCUT2D eigenvalue weighted by Crippen LogP contribution is 2.29. The van der Waals surface area contributed by atoms with Gasteiger partial charge in [-0.2, -0.15) is 5.10 Å². The minimum atomic E-state index is -0.296. The Kier molecular flexibility index (Phi) is 5.96. The first-order valence-electron chi connectivity index (χ1n) is 10.6. The number of fused-ring (bicyclic) bond motifs is 1. The predicted octanol–water partition coefficient (Wildman–Crippen LogP) is 4.40. The van der Waals surface area contributed by atoms with Crippen LogP contribution in [0.25, 0.3) is 21.3 Å². The molecule has 1 amide bonds. The lowest BCUT2D eigenvalue weighted by Crippen LogP contribution is -2.13. The van der Waals surface area contributed by atoms with Gasteiger partial charge in [-0.15, -0.1) is 11.3 Å². The maximum atomic E-state index is 12.9. The molecule has 9 nitrogen and oxygen atoms in total. The number of hydrogen-bond donors (Lipinski definition) is 2. The summed E-state index contributed by atoms with van der Waals surface area (Å²) in [6, 6.07) is 9.58. The van der Waals surface area contributed by atoms with Crippen LogP contribution < -0.4 is 14.8 Å². The van der Waals surface area contributed by atoms with Crippen molar-refractivity contribution in [3.05, 3.63) is 71.9 Å². The van der Waals surface area contributed by atoms with Gasteiger partial charge >= 0.3 is 0 Å². The molecule has 4 heterocycles. The van der Waals surface area contributed by atoms with Crippen molar-refractivity contribution in [2.75, 3.05) is 19.5 Å². The zero-order chi connectivity index (χ0) is 23.5. The molecule has 0 aliphatic rings. The Morgan fingerprint density at radius 3 is 2.85 bits per heavy atom. The number of aromatic nitrogens is 5. The summed E-state index contributed by atoms with van der Waals surface area (Å²) in [5.41, 5.74) is 5.65. The molecule has 0 unspecified atom stereocenters. The molecule has 0 atom stereocenters. The molecule has 10 heteroatoms. The summed E-state index contributed by atoms with van der Waals surface area (Å²) < 4.78 is 12.3. The van der Waals surface area contributed by atoms with Gasteiger partial charge in [-0.1, -0.05) is 0 Å². The van der Waals surface area contributed by atoms with Gasteiger partial charge < -0.3 is 19.8 Å². The van der Waals surface area contributed by atoms with Crippen LogP contribution in [0.15, 0.2) is 60.6 Å². The number of rotatable bonds is 8. The fraction of sp³-hybridized carbons (Fsp3) is 0.167. The third-order valence-corrected chi connectivity index (χ3v) is 6.34. The third kappa shape index (κ3) is 4.35. The van der Waals surface area contributed by atoms with Crippen LogP contribution in [0, 0.1) is 0 Å². The summed E-state index contributed by atoms with van der Waals surface area (Å²) in [5, 5.41) is 8.41. The summed E-state index contributed by atoms with van der Waals surface area (Å²) in [7, 11) is 3.22. The Bertz CT molecular complexity index is 1440. The Balaban J connectivity index is 1.25. The van der Waals surface area contributed by atoms with Crippen molar-refractivity contribution in [1.29, 1.82) is 0 Å². The monoisotopic (exact) mass is 474 g/mol. The average molecular weight is 475 g/mol. The van der Waals surface area contributed by atoms with E-state index in [1.165, 1.54) is 16.9 Å². The lowest BCUT2D eigenvalue weighted by atomic mass is 10.1. The van der Waals surface area contributed by atoms with Crippen molar-refractivity contribution >= 4 is 33.8 Å². The van der Waals surface area contributed by atoms with Crippen molar-refractivity contribution in [1.82, 2.24) is 24.7 Å². The van der Waals surface area contributed by atoms with Gasteiger partial charge in [-0.3, -0.25) is 9.48 Å². The summed E-state index contributed by atoms with van der Waals surface area (Å²) in [6.45, 7) is 0.666. The maximum Gasteiger partial charge on any atom is 0.275 e. The van der Waals surface area contributed by atoms with Crippen LogP contribution >= 0.6 is 11.3 Å². The molecule has 4 aromatic heterocycles. The number of aromatic amines is 1. The quantitative estimate of drug-likeness (QED) is 0.345. The van der Waals surface area contributed by atoms with E-state index in [9.17, 15) is 4.79 Å². The van der Waals surface area contributed by atoms with Gasteiger partial charge in [0.05, 0.1) is 36.5 Å². The Labute approximate surface area is 199 Å². The van der Waals surface area contributed by atoms with Gasteiger partial charge in [0, 0.05) is 47.7 Å². The summed E-state index contributed by atoms with van der Waals surface area (Å²) in [4.78, 5) is 25.4. The minimum Gasteiger partial charge on any atom is -0.497 e. The molecule has 0 spiro atoms. The van der Waals surface area contributed by atoms with Crippen molar-refractivity contribution < 1.29 is 14.3 Å². The summed E-state index contributed by atoms with van der Waals surface area (Å²) >= 11 is 1.38. The van der Waals surface area contributed by atoms with E-state index < -0.39 is 0 Å². The topological polar surface area (TPSA) is 107 Å². The fourth-order valence-electron chi connectivity index (χ4n) is 3.72. The Hall–Kier alpha value is -4.18. The van der Waals surface area contributed by atoms with E-state index in [1.54, 1.807) is 38.2 Å². The zero-order valence-corrected chi connectivity index (χ0v) is 19.4. The third-order valence-electron chi connectivity index (χ3n) is 5.47. The molecular formula is C24H22N6O3S. The smallest absolute Gasteiger partial charge is 0.275 e. The number of anilines is 1. The van der Waals surface area contributed by atoms with Crippen LogP contribution in [-0.4, -0.2) is 44.9 Å². The summed E-state index contributed by atoms with van der Waals surface area (Å²) in [6.07, 6.45) is 7.91. The second-order valence-electron chi connectivity index (χ2n) is 7.54. The highest BCUT2D eigenvalue weighted by atomic mass is 32.1. The largest absolute Gasteiger partial charge is 0.497 e. The Morgan fingerprint density at radius 2 is 2.06 bits per heavy atom. The molecular weight excluding hydrogens is 452 g/mol. The number of hydrogen-bond acceptors (Lipinski definition) is 7. The maximum absolute atomic E-state index is 12.9. The van der Waals surface area contributed by atoms with Gasteiger partial charge in [-0.05, 0) is 36.2 Å². The number of carbonyl (C=O) groups is 1. The summed E-state index contributed by atoms with van der Waals surface area (Å²) in [5.74, 6) is 1.04. The SMILES string of the molecule is COc1ccc2[nH]cc(CCn3cc(NC(=O)c4ncsc4-c4ccc(OC)nc4)cn3)c2c1. The molecule has 172 valence electrons. The first-order valence-corrected chi connectivity index (χ1v) is 11.4. The number of thiazole rings is 1. The van der Waals surface area contributed by atoms with Crippen molar-refractivity contribution in [2.45, 2.75) is 13.0 Å². The standard InChI is InChI=1S/C24H22N6O3S/c1-32-18-4-5-20-19(9-18)15(10-25-20)7-8-30-13-17(12-28-30)29-24(31)22-23(34-14-27-22)16-3-6-21(33-2)26-11-16/h3-6,9-14,25H,7-8H2,1-2H3,(H,29,31). The molecule has 2 N–H and O–H groups in total. The fourth-order valence-corrected chi connectivity index (χ4v) is 4.49. The van der Waals surface area contributed by atoms with Crippen molar-refractivity contribution in [3.8, 4) is 22.1 Å². The van der Waals surface area contributed by atoms with Gasteiger partial charge in [0.25, 0.3) is 5.91 Å². The number of methoxy groups -OCH3 is 2. The molecule has 1 aromatic carbocycles. The number of pyridine rings is 1. The molecule has 0 bridgehead atoms. The predicted molar refractivity (Wildman–Crippen MR) is 131 cm³/mol. The lowest BCUT2D eigenvalue weighted by Gasteiger charge is -2.04. The number of H-pyrrole nitrogens is 1. The molecule has 0 saturated heterocycles. The number of nitrogens with zero attached hydrogens (tertiary/aromatic N) is 4. The first kappa shape index (κ1) is 21.7. The van der Waals surface area contributed by atoms with Gasteiger partial charge in [0.1, 0.15) is 11.4 Å². The van der Waals surface area contributed by atoms with Crippen LogP contribution in [0.2, 0.25) is 0 Å². The molecule has 0 aliphatic carbocycles. The van der Waals surface area contributed by atoms with Crippen molar-refractivity contribution in [3.63, 3.8) is 0 Å². The van der Waals surface area contributed by atoms with E-state index in [0.717, 1.165) is 33.5 Å². The van der Waals surface area contributed by atoms with E-state index in [1.807, 2.05) is 41.3 Å². The average Bonchev–Trinajstić information content (AvgIpc) is 3.62. The van der Waals surface area contributed by atoms with E-state index >= 15 is 0 Å². The second kappa shape index (κ2) is 9.36. The Morgan fingerprint density at radius 1 is 1.15 bits per heavy atom. The van der Waals surface area contributed by atoms with Crippen molar-refractivity contribution in [2.24, 2.45) is 0 Å². The molecule has 5 rings (SSSR count). The molecule has 0 radical (unpaired) electrons. The van der Waals surface area contributed by atoms with Gasteiger partial charge in [0.15, 0.2) is 0 Å². The number of carbonyl (C=O) groups excluding carboxylic acids is 1. The molecule has 34 heavy (non-hydrogen) atoms. The van der Waals surface area contributed by atoms with Crippen LogP contribution in [0.4, 0.5) is 5.69 Å².